The maximum Gasteiger partial charge on any atom is 0.311 e. The second-order valence-corrected chi connectivity index (χ2v) is 3.57. The summed E-state index contributed by atoms with van der Waals surface area (Å²) in [5.74, 6) is 0.201. The highest BCUT2D eigenvalue weighted by Crippen LogP contribution is 2.28. The minimum absolute atomic E-state index is 0.0610. The molecule has 0 aliphatic heterocycles. The lowest BCUT2D eigenvalue weighted by atomic mass is 10.2. The number of hydrogen-bond acceptors (Lipinski definition) is 3. The van der Waals surface area contributed by atoms with Gasteiger partial charge in [-0.2, -0.15) is 0 Å². The van der Waals surface area contributed by atoms with Crippen molar-refractivity contribution in [1.29, 1.82) is 0 Å². The molecule has 0 N–H and O–H groups in total. The van der Waals surface area contributed by atoms with Crippen LogP contribution < -0.4 is 4.74 Å². The van der Waals surface area contributed by atoms with Gasteiger partial charge in [0.05, 0.1) is 4.92 Å². The van der Waals surface area contributed by atoms with E-state index in [1.807, 2.05) is 0 Å². The normalized spacial score (nSPS) is 9.73. The van der Waals surface area contributed by atoms with Gasteiger partial charge in [-0.15, -0.1) is 0 Å². The van der Waals surface area contributed by atoms with Crippen molar-refractivity contribution in [2.24, 2.45) is 0 Å². The van der Waals surface area contributed by atoms with Gasteiger partial charge in [0.2, 0.25) is 0 Å². The van der Waals surface area contributed by atoms with Crippen molar-refractivity contribution in [1.82, 2.24) is 0 Å². The first kappa shape index (κ1) is 11.5. The lowest BCUT2D eigenvalue weighted by Crippen LogP contribution is -2.00. The molecule has 0 heterocycles. The Morgan fingerprint density at radius 1 is 1.67 bits per heavy atom. The zero-order valence-electron chi connectivity index (χ0n) is 8.20. The van der Waals surface area contributed by atoms with Gasteiger partial charge in [0.1, 0.15) is 6.61 Å². The standard InChI is InChI=1S/C10H10ClNO3/c1-7-3-4-10(15-6-8(2)11)9(5-7)12(13)14/h3-5H,2,6H2,1H3. The van der Waals surface area contributed by atoms with Crippen LogP contribution in [0.15, 0.2) is 29.8 Å². The summed E-state index contributed by atoms with van der Waals surface area (Å²) in [5, 5.41) is 11.0. The molecular weight excluding hydrogens is 218 g/mol. The molecule has 80 valence electrons. The Morgan fingerprint density at radius 2 is 2.33 bits per heavy atom. The predicted molar refractivity (Wildman–Crippen MR) is 58.3 cm³/mol. The largest absolute Gasteiger partial charge is 0.481 e. The SMILES string of the molecule is C=C(Cl)COc1ccc(C)cc1[N+](=O)[O-]. The highest BCUT2D eigenvalue weighted by atomic mass is 35.5. The number of nitro benzene ring substituents is 1. The van der Waals surface area contributed by atoms with Gasteiger partial charge in [-0.3, -0.25) is 10.1 Å². The van der Waals surface area contributed by atoms with Crippen LogP contribution in [0, 0.1) is 17.0 Å². The van der Waals surface area contributed by atoms with Crippen LogP contribution in [-0.2, 0) is 0 Å². The van der Waals surface area contributed by atoms with Crippen molar-refractivity contribution in [3.05, 3.63) is 45.5 Å². The molecule has 1 rings (SSSR count). The first-order chi connectivity index (χ1) is 7.00. The lowest BCUT2D eigenvalue weighted by Gasteiger charge is -2.05. The molecule has 0 saturated carbocycles. The molecule has 0 aromatic heterocycles. The Morgan fingerprint density at radius 3 is 2.87 bits per heavy atom. The van der Waals surface area contributed by atoms with Crippen molar-refractivity contribution in [2.75, 3.05) is 6.61 Å². The van der Waals surface area contributed by atoms with E-state index in [-0.39, 0.29) is 18.0 Å². The molecule has 4 nitrogen and oxygen atoms in total. The maximum atomic E-state index is 10.7. The number of ether oxygens (including phenoxy) is 1. The third kappa shape index (κ3) is 3.25. The smallest absolute Gasteiger partial charge is 0.311 e. The van der Waals surface area contributed by atoms with Gasteiger partial charge in [0.15, 0.2) is 5.75 Å². The molecule has 0 atom stereocenters. The van der Waals surface area contributed by atoms with Gasteiger partial charge >= 0.3 is 5.69 Å². The second kappa shape index (κ2) is 4.79. The average Bonchev–Trinajstić information content (AvgIpc) is 2.15. The van der Waals surface area contributed by atoms with Crippen LogP contribution in [0.25, 0.3) is 0 Å². The van der Waals surface area contributed by atoms with E-state index in [4.69, 9.17) is 16.3 Å². The molecule has 1 aromatic rings. The molecule has 1 aromatic carbocycles. The van der Waals surface area contributed by atoms with Gasteiger partial charge in [-0.25, -0.2) is 0 Å². The van der Waals surface area contributed by atoms with Crippen molar-refractivity contribution in [3.8, 4) is 5.75 Å². The van der Waals surface area contributed by atoms with E-state index >= 15 is 0 Å². The Kier molecular flexibility index (Phi) is 3.68. The fourth-order valence-corrected chi connectivity index (χ4v) is 1.10. The van der Waals surface area contributed by atoms with Crippen molar-refractivity contribution in [3.63, 3.8) is 0 Å². The van der Waals surface area contributed by atoms with Crippen LogP contribution in [0.1, 0.15) is 5.56 Å². The summed E-state index contributed by atoms with van der Waals surface area (Å²) in [5.41, 5.74) is 0.742. The highest BCUT2D eigenvalue weighted by molar-refractivity contribution is 6.29. The first-order valence-electron chi connectivity index (χ1n) is 4.22. The molecule has 0 fully saturated rings. The maximum absolute atomic E-state index is 10.7. The minimum Gasteiger partial charge on any atom is -0.481 e. The number of aryl methyl sites for hydroxylation is 1. The summed E-state index contributed by atoms with van der Waals surface area (Å²) in [4.78, 5) is 10.2. The summed E-state index contributed by atoms with van der Waals surface area (Å²) in [6, 6.07) is 4.74. The van der Waals surface area contributed by atoms with Gasteiger partial charge in [0.25, 0.3) is 0 Å². The summed E-state index contributed by atoms with van der Waals surface area (Å²) in [6.45, 7) is 5.27. The Labute approximate surface area is 92.3 Å². The minimum atomic E-state index is -0.487. The van der Waals surface area contributed by atoms with E-state index in [9.17, 15) is 10.1 Å². The monoisotopic (exact) mass is 227 g/mol. The van der Waals surface area contributed by atoms with E-state index in [2.05, 4.69) is 6.58 Å². The highest BCUT2D eigenvalue weighted by Gasteiger charge is 2.14. The van der Waals surface area contributed by atoms with Gasteiger partial charge in [-0.1, -0.05) is 24.2 Å². The van der Waals surface area contributed by atoms with Crippen LogP contribution in [0.4, 0.5) is 5.69 Å². The Bertz CT molecular complexity index is 404. The fourth-order valence-electron chi connectivity index (χ4n) is 1.05. The number of halogens is 1. The molecule has 0 spiro atoms. The average molecular weight is 228 g/mol. The first-order valence-corrected chi connectivity index (χ1v) is 4.59. The van der Waals surface area contributed by atoms with E-state index in [1.165, 1.54) is 6.07 Å². The second-order valence-electron chi connectivity index (χ2n) is 3.03. The summed E-state index contributed by atoms with van der Waals surface area (Å²) >= 11 is 5.50. The van der Waals surface area contributed by atoms with Gasteiger partial charge < -0.3 is 4.74 Å². The van der Waals surface area contributed by atoms with Crippen LogP contribution in [0.3, 0.4) is 0 Å². The van der Waals surface area contributed by atoms with Crippen molar-refractivity contribution >= 4 is 17.3 Å². The van der Waals surface area contributed by atoms with E-state index in [0.29, 0.717) is 5.03 Å². The zero-order chi connectivity index (χ0) is 11.4. The third-order valence-electron chi connectivity index (χ3n) is 1.70. The van der Waals surface area contributed by atoms with Crippen molar-refractivity contribution < 1.29 is 9.66 Å². The van der Waals surface area contributed by atoms with Crippen LogP contribution in [0.2, 0.25) is 0 Å². The molecule has 0 aliphatic rings. The topological polar surface area (TPSA) is 52.4 Å². The Balaban J connectivity index is 2.95. The van der Waals surface area contributed by atoms with E-state index in [0.717, 1.165) is 5.56 Å². The fraction of sp³-hybridized carbons (Fsp3) is 0.200. The third-order valence-corrected chi connectivity index (χ3v) is 1.80. The van der Waals surface area contributed by atoms with Gasteiger partial charge in [0, 0.05) is 11.1 Å². The molecular formula is C10H10ClNO3. The van der Waals surface area contributed by atoms with E-state index in [1.54, 1.807) is 19.1 Å². The molecule has 0 amide bonds. The lowest BCUT2D eigenvalue weighted by molar-refractivity contribution is -0.385. The molecule has 0 bridgehead atoms. The summed E-state index contributed by atoms with van der Waals surface area (Å²) in [7, 11) is 0. The summed E-state index contributed by atoms with van der Waals surface area (Å²) < 4.78 is 5.14. The van der Waals surface area contributed by atoms with Gasteiger partial charge in [-0.05, 0) is 18.6 Å². The van der Waals surface area contributed by atoms with Crippen LogP contribution in [-0.4, -0.2) is 11.5 Å². The number of rotatable bonds is 4. The molecule has 5 heteroatoms. The molecule has 0 unspecified atom stereocenters. The molecule has 0 saturated heterocycles. The number of nitro groups is 1. The number of benzene rings is 1. The van der Waals surface area contributed by atoms with Crippen LogP contribution >= 0.6 is 11.6 Å². The van der Waals surface area contributed by atoms with E-state index < -0.39 is 4.92 Å². The zero-order valence-corrected chi connectivity index (χ0v) is 8.95. The quantitative estimate of drug-likeness (QED) is 0.587. The van der Waals surface area contributed by atoms with Crippen molar-refractivity contribution in [2.45, 2.75) is 6.92 Å². The molecule has 15 heavy (non-hydrogen) atoms. The number of nitrogens with zero attached hydrogens (tertiary/aromatic N) is 1. The number of hydrogen-bond donors (Lipinski definition) is 0. The predicted octanol–water partition coefficient (Wildman–Crippen LogP) is 3.03. The molecule has 0 radical (unpaired) electrons. The van der Waals surface area contributed by atoms with Crippen LogP contribution in [0.5, 0.6) is 5.75 Å². The Hall–Kier alpha value is -1.55. The molecule has 0 aliphatic carbocycles. The summed E-state index contributed by atoms with van der Waals surface area (Å²) in [6.07, 6.45) is 0.